The van der Waals surface area contributed by atoms with Gasteiger partial charge in [0.05, 0.1) is 18.7 Å². The highest BCUT2D eigenvalue weighted by Crippen LogP contribution is 2.49. The lowest BCUT2D eigenvalue weighted by Crippen LogP contribution is -2.18. The molecule has 0 aromatic heterocycles. The zero-order valence-corrected chi connectivity index (χ0v) is 12.2. The van der Waals surface area contributed by atoms with Crippen molar-refractivity contribution in [1.82, 2.24) is 0 Å². The predicted octanol–water partition coefficient (Wildman–Crippen LogP) is 3.30. The van der Waals surface area contributed by atoms with E-state index in [2.05, 4.69) is 0 Å². The van der Waals surface area contributed by atoms with E-state index < -0.39 is 0 Å². The van der Waals surface area contributed by atoms with Crippen LogP contribution < -0.4 is 9.47 Å². The molecular weight excluding hydrogens is 266 g/mol. The van der Waals surface area contributed by atoms with Crippen LogP contribution in [0.15, 0.2) is 18.2 Å². The quantitative estimate of drug-likeness (QED) is 0.629. The van der Waals surface area contributed by atoms with E-state index >= 15 is 0 Å². The molecule has 21 heavy (non-hydrogen) atoms. The maximum absolute atomic E-state index is 12.1. The number of ether oxygens (including phenoxy) is 2. The lowest BCUT2D eigenvalue weighted by Gasteiger charge is -2.20. The molecule has 2 fully saturated rings. The molecule has 0 unspecified atom stereocenters. The number of carbonyl (C=O) groups is 1. The van der Waals surface area contributed by atoms with Crippen LogP contribution in [0.5, 0.6) is 11.5 Å². The smallest absolute Gasteiger partial charge is 0.311 e. The summed E-state index contributed by atoms with van der Waals surface area (Å²) in [6.45, 7) is 0. The number of esters is 1. The van der Waals surface area contributed by atoms with Crippen molar-refractivity contribution in [3.8, 4) is 17.6 Å². The molecule has 0 saturated heterocycles. The number of rotatable bonds is 4. The molecule has 2 bridgehead atoms. The molecule has 110 valence electrons. The summed E-state index contributed by atoms with van der Waals surface area (Å²) in [7, 11) is 1.50. The number of nitrogens with zero attached hydrogens (tertiary/aromatic N) is 1. The molecule has 0 heterocycles. The summed E-state index contributed by atoms with van der Waals surface area (Å²) in [5.74, 6) is 2.65. The average Bonchev–Trinajstić information content (AvgIpc) is 3.10. The standard InChI is InChI=1S/C17H19NO3/c1-20-16-8-12(10-18)3-5-15(16)21-17(19)9-14-7-11-2-4-13(14)6-11/h3,5,8,11,13-14H,2,4,6-7,9H2,1H3/t11-,13-,14+/m0/s1. The molecule has 0 radical (unpaired) electrons. The van der Waals surface area contributed by atoms with Crippen molar-refractivity contribution < 1.29 is 14.3 Å². The Hall–Kier alpha value is -2.02. The number of methoxy groups -OCH3 is 1. The lowest BCUT2D eigenvalue weighted by atomic mass is 9.86. The third kappa shape index (κ3) is 2.87. The molecule has 1 aromatic rings. The Morgan fingerprint density at radius 2 is 2.19 bits per heavy atom. The fraction of sp³-hybridized carbons (Fsp3) is 0.529. The molecule has 2 aliphatic rings. The van der Waals surface area contributed by atoms with Gasteiger partial charge in [-0.05, 0) is 49.1 Å². The lowest BCUT2D eigenvalue weighted by molar-refractivity contribution is -0.136. The van der Waals surface area contributed by atoms with Gasteiger partial charge in [-0.1, -0.05) is 6.42 Å². The largest absolute Gasteiger partial charge is 0.493 e. The van der Waals surface area contributed by atoms with Crippen molar-refractivity contribution in [2.24, 2.45) is 17.8 Å². The molecule has 3 rings (SSSR count). The van der Waals surface area contributed by atoms with Crippen molar-refractivity contribution in [2.75, 3.05) is 7.11 Å². The van der Waals surface area contributed by atoms with Gasteiger partial charge in [0.1, 0.15) is 0 Å². The van der Waals surface area contributed by atoms with Gasteiger partial charge in [0.2, 0.25) is 0 Å². The van der Waals surface area contributed by atoms with E-state index in [9.17, 15) is 4.79 Å². The molecule has 0 N–H and O–H groups in total. The topological polar surface area (TPSA) is 59.3 Å². The molecule has 0 amide bonds. The first kappa shape index (κ1) is 13.9. The number of hydrogen-bond donors (Lipinski definition) is 0. The van der Waals surface area contributed by atoms with E-state index in [-0.39, 0.29) is 5.97 Å². The zero-order valence-electron chi connectivity index (χ0n) is 12.2. The van der Waals surface area contributed by atoms with Gasteiger partial charge in [-0.2, -0.15) is 5.26 Å². The third-order valence-electron chi connectivity index (χ3n) is 4.83. The highest BCUT2D eigenvalue weighted by Gasteiger charge is 2.40. The van der Waals surface area contributed by atoms with Crippen LogP contribution in [0.25, 0.3) is 0 Å². The van der Waals surface area contributed by atoms with E-state index in [4.69, 9.17) is 14.7 Å². The number of hydrogen-bond acceptors (Lipinski definition) is 4. The second kappa shape index (κ2) is 5.77. The minimum Gasteiger partial charge on any atom is -0.493 e. The summed E-state index contributed by atoms with van der Waals surface area (Å²) in [6, 6.07) is 6.87. The molecular formula is C17H19NO3. The fourth-order valence-corrected chi connectivity index (χ4v) is 3.83. The van der Waals surface area contributed by atoms with Gasteiger partial charge >= 0.3 is 5.97 Å². The van der Waals surface area contributed by atoms with E-state index in [1.807, 2.05) is 6.07 Å². The molecule has 2 saturated carbocycles. The van der Waals surface area contributed by atoms with Gasteiger partial charge in [0, 0.05) is 12.5 Å². The van der Waals surface area contributed by atoms with Crippen LogP contribution >= 0.6 is 0 Å². The van der Waals surface area contributed by atoms with Gasteiger partial charge in [0.15, 0.2) is 11.5 Å². The van der Waals surface area contributed by atoms with Crippen LogP contribution in [0.3, 0.4) is 0 Å². The van der Waals surface area contributed by atoms with E-state index in [1.54, 1.807) is 18.2 Å². The van der Waals surface area contributed by atoms with Gasteiger partial charge in [0.25, 0.3) is 0 Å². The second-order valence-electron chi connectivity index (χ2n) is 6.09. The van der Waals surface area contributed by atoms with E-state index in [1.165, 1.54) is 32.8 Å². The van der Waals surface area contributed by atoms with Crippen molar-refractivity contribution in [3.05, 3.63) is 23.8 Å². The Kier molecular flexibility index (Phi) is 3.83. The first-order valence-electron chi connectivity index (χ1n) is 7.48. The first-order valence-corrected chi connectivity index (χ1v) is 7.48. The molecule has 3 atom stereocenters. The Morgan fingerprint density at radius 3 is 2.81 bits per heavy atom. The summed E-state index contributed by atoms with van der Waals surface area (Å²) in [5.41, 5.74) is 0.486. The molecule has 0 spiro atoms. The molecule has 4 heteroatoms. The summed E-state index contributed by atoms with van der Waals surface area (Å²) < 4.78 is 10.6. The molecule has 4 nitrogen and oxygen atoms in total. The average molecular weight is 285 g/mol. The number of nitriles is 1. The van der Waals surface area contributed by atoms with Crippen molar-refractivity contribution in [2.45, 2.75) is 32.1 Å². The van der Waals surface area contributed by atoms with Gasteiger partial charge in [-0.25, -0.2) is 0 Å². The van der Waals surface area contributed by atoms with Crippen LogP contribution in [0.4, 0.5) is 0 Å². The van der Waals surface area contributed by atoms with Gasteiger partial charge in [-0.15, -0.1) is 0 Å². The normalized spacial score (nSPS) is 26.4. The van der Waals surface area contributed by atoms with Crippen LogP contribution in [-0.2, 0) is 4.79 Å². The summed E-state index contributed by atoms with van der Waals surface area (Å²) >= 11 is 0. The van der Waals surface area contributed by atoms with Crippen molar-refractivity contribution >= 4 is 5.97 Å². The van der Waals surface area contributed by atoms with Crippen LogP contribution in [0, 0.1) is 29.1 Å². The monoisotopic (exact) mass is 285 g/mol. The molecule has 2 aliphatic carbocycles. The Balaban J connectivity index is 1.63. The van der Waals surface area contributed by atoms with Crippen LogP contribution in [-0.4, -0.2) is 13.1 Å². The fourth-order valence-electron chi connectivity index (χ4n) is 3.83. The molecule has 1 aromatic carbocycles. The van der Waals surface area contributed by atoms with E-state index in [0.29, 0.717) is 35.3 Å². The van der Waals surface area contributed by atoms with Gasteiger partial charge < -0.3 is 9.47 Å². The minimum absolute atomic E-state index is 0.199. The highest BCUT2D eigenvalue weighted by atomic mass is 16.6. The van der Waals surface area contributed by atoms with Crippen LogP contribution in [0.1, 0.15) is 37.7 Å². The predicted molar refractivity (Wildman–Crippen MR) is 76.9 cm³/mol. The Morgan fingerprint density at radius 1 is 1.33 bits per heavy atom. The number of carbonyl (C=O) groups excluding carboxylic acids is 1. The zero-order chi connectivity index (χ0) is 14.8. The van der Waals surface area contributed by atoms with Crippen LogP contribution in [0.2, 0.25) is 0 Å². The van der Waals surface area contributed by atoms with Crippen molar-refractivity contribution in [3.63, 3.8) is 0 Å². The summed E-state index contributed by atoms with van der Waals surface area (Å²) in [4.78, 5) is 12.1. The maximum atomic E-state index is 12.1. The number of benzene rings is 1. The first-order chi connectivity index (χ1) is 10.2. The Bertz CT molecular complexity index is 590. The number of fused-ring (bicyclic) bond motifs is 2. The third-order valence-corrected chi connectivity index (χ3v) is 4.83. The summed E-state index contributed by atoms with van der Waals surface area (Å²) in [5, 5.41) is 8.87. The van der Waals surface area contributed by atoms with E-state index in [0.717, 1.165) is 5.92 Å². The SMILES string of the molecule is COc1cc(C#N)ccc1OC(=O)C[C@H]1C[C@H]2CC[C@H]1C2. The van der Waals surface area contributed by atoms with Gasteiger partial charge in [-0.3, -0.25) is 4.79 Å². The Labute approximate surface area is 124 Å². The molecule has 0 aliphatic heterocycles. The van der Waals surface area contributed by atoms with Crippen molar-refractivity contribution in [1.29, 1.82) is 5.26 Å². The second-order valence-corrected chi connectivity index (χ2v) is 6.09. The maximum Gasteiger partial charge on any atom is 0.311 e. The highest BCUT2D eigenvalue weighted by molar-refractivity contribution is 5.73. The minimum atomic E-state index is -0.199. The summed E-state index contributed by atoms with van der Waals surface area (Å²) in [6.07, 6.45) is 5.55.